The minimum atomic E-state index is -0.941. The SMILES string of the molecule is Fc1ccc(Oc2ccc(CCl)c(Br)c2)cc1F. The summed E-state index contributed by atoms with van der Waals surface area (Å²) in [5, 5.41) is 0. The highest BCUT2D eigenvalue weighted by atomic mass is 79.9. The zero-order valence-electron chi connectivity index (χ0n) is 9.09. The van der Waals surface area contributed by atoms with E-state index in [1.807, 2.05) is 0 Å². The fraction of sp³-hybridized carbons (Fsp3) is 0.0769. The second kappa shape index (κ2) is 5.67. The van der Waals surface area contributed by atoms with Gasteiger partial charge in [-0.05, 0) is 29.8 Å². The van der Waals surface area contributed by atoms with Crippen molar-refractivity contribution < 1.29 is 13.5 Å². The van der Waals surface area contributed by atoms with Crippen LogP contribution in [0.1, 0.15) is 5.56 Å². The van der Waals surface area contributed by atoms with Gasteiger partial charge in [-0.2, -0.15) is 0 Å². The van der Waals surface area contributed by atoms with Crippen molar-refractivity contribution in [1.82, 2.24) is 0 Å². The molecule has 0 aliphatic heterocycles. The normalized spacial score (nSPS) is 10.4. The van der Waals surface area contributed by atoms with Crippen LogP contribution in [0, 0.1) is 11.6 Å². The minimum absolute atomic E-state index is 0.236. The predicted octanol–water partition coefficient (Wildman–Crippen LogP) is 5.26. The maximum Gasteiger partial charge on any atom is 0.162 e. The van der Waals surface area contributed by atoms with Gasteiger partial charge in [0.05, 0.1) is 0 Å². The molecule has 0 radical (unpaired) electrons. The van der Waals surface area contributed by atoms with Gasteiger partial charge in [-0.1, -0.05) is 22.0 Å². The highest BCUT2D eigenvalue weighted by Crippen LogP contribution is 2.28. The summed E-state index contributed by atoms with van der Waals surface area (Å²) >= 11 is 9.07. The Morgan fingerprint density at radius 2 is 1.67 bits per heavy atom. The van der Waals surface area contributed by atoms with Crippen molar-refractivity contribution in [2.45, 2.75) is 5.88 Å². The van der Waals surface area contributed by atoms with Gasteiger partial charge in [0.1, 0.15) is 11.5 Å². The van der Waals surface area contributed by atoms with Crippen LogP contribution in [-0.4, -0.2) is 0 Å². The third kappa shape index (κ3) is 3.00. The minimum Gasteiger partial charge on any atom is -0.457 e. The summed E-state index contributed by atoms with van der Waals surface area (Å²) in [6.45, 7) is 0. The van der Waals surface area contributed by atoms with Gasteiger partial charge in [-0.15, -0.1) is 11.6 Å². The molecule has 0 atom stereocenters. The first-order valence-electron chi connectivity index (χ1n) is 5.07. The summed E-state index contributed by atoms with van der Waals surface area (Å²) in [6, 6.07) is 8.61. The fourth-order valence-corrected chi connectivity index (χ4v) is 2.27. The first-order valence-corrected chi connectivity index (χ1v) is 6.40. The van der Waals surface area contributed by atoms with E-state index >= 15 is 0 Å². The van der Waals surface area contributed by atoms with Gasteiger partial charge in [0.15, 0.2) is 11.6 Å². The van der Waals surface area contributed by atoms with Crippen molar-refractivity contribution in [2.75, 3.05) is 0 Å². The molecule has 0 N–H and O–H groups in total. The summed E-state index contributed by atoms with van der Waals surface area (Å²) in [6.07, 6.45) is 0. The van der Waals surface area contributed by atoms with E-state index in [4.69, 9.17) is 16.3 Å². The molecule has 0 unspecified atom stereocenters. The highest BCUT2D eigenvalue weighted by molar-refractivity contribution is 9.10. The van der Waals surface area contributed by atoms with Crippen LogP contribution in [0.5, 0.6) is 11.5 Å². The van der Waals surface area contributed by atoms with E-state index in [1.54, 1.807) is 18.2 Å². The molecule has 0 amide bonds. The van der Waals surface area contributed by atoms with Gasteiger partial charge in [0.2, 0.25) is 0 Å². The first kappa shape index (κ1) is 13.3. The zero-order valence-corrected chi connectivity index (χ0v) is 11.4. The molecule has 94 valence electrons. The third-order valence-corrected chi connectivity index (χ3v) is 3.32. The van der Waals surface area contributed by atoms with Gasteiger partial charge in [0, 0.05) is 16.4 Å². The molecule has 0 aliphatic carbocycles. The lowest BCUT2D eigenvalue weighted by Gasteiger charge is -2.08. The molecule has 0 aromatic heterocycles. The maximum absolute atomic E-state index is 13.0. The number of hydrogen-bond donors (Lipinski definition) is 0. The van der Waals surface area contributed by atoms with E-state index in [0.717, 1.165) is 22.2 Å². The Morgan fingerprint density at radius 1 is 1.00 bits per heavy atom. The summed E-state index contributed by atoms with van der Waals surface area (Å²) < 4.78 is 32.0. The van der Waals surface area contributed by atoms with E-state index in [1.165, 1.54) is 6.07 Å². The van der Waals surface area contributed by atoms with E-state index in [9.17, 15) is 8.78 Å². The molecular weight excluding hydrogens is 325 g/mol. The van der Waals surface area contributed by atoms with Crippen LogP contribution >= 0.6 is 27.5 Å². The molecule has 1 nitrogen and oxygen atoms in total. The van der Waals surface area contributed by atoms with Gasteiger partial charge < -0.3 is 4.74 Å². The lowest BCUT2D eigenvalue weighted by molar-refractivity contribution is 0.461. The van der Waals surface area contributed by atoms with E-state index in [2.05, 4.69) is 15.9 Å². The Hall–Kier alpha value is -1.13. The predicted molar refractivity (Wildman–Crippen MR) is 70.1 cm³/mol. The van der Waals surface area contributed by atoms with E-state index < -0.39 is 11.6 Å². The Kier molecular flexibility index (Phi) is 4.19. The van der Waals surface area contributed by atoms with Crippen LogP contribution in [-0.2, 0) is 5.88 Å². The number of halogens is 4. The van der Waals surface area contributed by atoms with Crippen LogP contribution < -0.4 is 4.74 Å². The van der Waals surface area contributed by atoms with Crippen molar-refractivity contribution in [1.29, 1.82) is 0 Å². The molecular formula is C13H8BrClF2O. The monoisotopic (exact) mass is 332 g/mol. The number of alkyl halides is 1. The standard InChI is InChI=1S/C13H8BrClF2O/c14-11-5-9(2-1-8(11)7-15)18-10-3-4-12(16)13(17)6-10/h1-6H,7H2. The highest BCUT2D eigenvalue weighted by Gasteiger charge is 2.06. The Labute approximate surface area is 116 Å². The van der Waals surface area contributed by atoms with E-state index in [0.29, 0.717) is 11.6 Å². The molecule has 18 heavy (non-hydrogen) atoms. The first-order chi connectivity index (χ1) is 8.60. The Bertz CT molecular complexity index is 575. The average Bonchev–Trinajstić information content (AvgIpc) is 2.34. The van der Waals surface area contributed by atoms with Gasteiger partial charge in [-0.25, -0.2) is 8.78 Å². The van der Waals surface area contributed by atoms with Crippen LogP contribution in [0.15, 0.2) is 40.9 Å². The van der Waals surface area contributed by atoms with Crippen molar-refractivity contribution in [3.8, 4) is 11.5 Å². The van der Waals surface area contributed by atoms with Crippen molar-refractivity contribution >= 4 is 27.5 Å². The molecule has 0 spiro atoms. The molecule has 0 bridgehead atoms. The number of ether oxygens (including phenoxy) is 1. The summed E-state index contributed by atoms with van der Waals surface area (Å²) in [5.74, 6) is -0.711. The number of rotatable bonds is 3. The molecule has 0 fully saturated rings. The summed E-state index contributed by atoms with van der Waals surface area (Å²) in [5.41, 5.74) is 0.925. The van der Waals surface area contributed by atoms with Crippen molar-refractivity contribution in [3.05, 3.63) is 58.1 Å². The average molecular weight is 334 g/mol. The summed E-state index contributed by atoms with van der Waals surface area (Å²) in [7, 11) is 0. The zero-order chi connectivity index (χ0) is 13.1. The van der Waals surface area contributed by atoms with Gasteiger partial charge in [0.25, 0.3) is 0 Å². The van der Waals surface area contributed by atoms with Crippen LogP contribution in [0.2, 0.25) is 0 Å². The van der Waals surface area contributed by atoms with Crippen LogP contribution in [0.3, 0.4) is 0 Å². The van der Waals surface area contributed by atoms with Crippen LogP contribution in [0.25, 0.3) is 0 Å². The second-order valence-corrected chi connectivity index (χ2v) is 4.69. The van der Waals surface area contributed by atoms with Gasteiger partial charge >= 0.3 is 0 Å². The second-order valence-electron chi connectivity index (χ2n) is 3.56. The smallest absolute Gasteiger partial charge is 0.162 e. The summed E-state index contributed by atoms with van der Waals surface area (Å²) in [4.78, 5) is 0. The van der Waals surface area contributed by atoms with E-state index in [-0.39, 0.29) is 5.75 Å². The molecule has 0 heterocycles. The fourth-order valence-electron chi connectivity index (χ4n) is 1.38. The molecule has 0 saturated carbocycles. The topological polar surface area (TPSA) is 9.23 Å². The molecule has 2 rings (SSSR count). The van der Waals surface area contributed by atoms with Crippen LogP contribution in [0.4, 0.5) is 8.78 Å². The number of benzene rings is 2. The van der Waals surface area contributed by atoms with Crippen molar-refractivity contribution in [2.24, 2.45) is 0 Å². The Morgan fingerprint density at radius 3 is 2.28 bits per heavy atom. The quantitative estimate of drug-likeness (QED) is 0.696. The Balaban J connectivity index is 2.23. The molecule has 2 aromatic rings. The van der Waals surface area contributed by atoms with Gasteiger partial charge in [-0.3, -0.25) is 0 Å². The largest absolute Gasteiger partial charge is 0.457 e. The molecule has 5 heteroatoms. The lowest BCUT2D eigenvalue weighted by atomic mass is 10.2. The third-order valence-electron chi connectivity index (χ3n) is 2.30. The number of hydrogen-bond acceptors (Lipinski definition) is 1. The maximum atomic E-state index is 13.0. The molecule has 0 saturated heterocycles. The molecule has 2 aromatic carbocycles. The van der Waals surface area contributed by atoms with Crippen molar-refractivity contribution in [3.63, 3.8) is 0 Å². The molecule has 0 aliphatic rings. The lowest BCUT2D eigenvalue weighted by Crippen LogP contribution is -1.89.